The van der Waals surface area contributed by atoms with Crippen molar-refractivity contribution >= 4 is 0 Å². The molecule has 1 heterocycles. The Morgan fingerprint density at radius 2 is 1.80 bits per heavy atom. The summed E-state index contributed by atoms with van der Waals surface area (Å²) in [5.41, 5.74) is 3.22. The minimum Gasteiger partial charge on any atom is -0.206 e. The average molecular weight is 340 g/mol. The fourth-order valence-electron chi connectivity index (χ4n) is 3.80. The predicted molar refractivity (Wildman–Crippen MR) is 101 cm³/mol. The van der Waals surface area contributed by atoms with Crippen molar-refractivity contribution in [1.29, 1.82) is 0 Å². The van der Waals surface area contributed by atoms with E-state index in [2.05, 4.69) is 24.0 Å². The van der Waals surface area contributed by atoms with Crippen LogP contribution in [0.1, 0.15) is 63.6 Å². The fraction of sp³-hybridized carbons (Fsp3) is 0.545. The van der Waals surface area contributed by atoms with E-state index < -0.39 is 0 Å². The van der Waals surface area contributed by atoms with E-state index in [-0.39, 0.29) is 5.82 Å². The summed E-state index contributed by atoms with van der Waals surface area (Å²) in [6.45, 7) is 4.46. The zero-order chi connectivity index (χ0) is 17.6. The Morgan fingerprint density at radius 3 is 2.44 bits per heavy atom. The van der Waals surface area contributed by atoms with Crippen molar-refractivity contribution in [3.8, 4) is 11.3 Å². The minimum absolute atomic E-state index is 0.188. The lowest BCUT2D eigenvalue weighted by atomic mass is 9.80. The summed E-state index contributed by atoms with van der Waals surface area (Å²) in [5.74, 6) is 1.51. The number of benzene rings is 1. The van der Waals surface area contributed by atoms with Gasteiger partial charge < -0.3 is 0 Å². The van der Waals surface area contributed by atoms with E-state index in [0.717, 1.165) is 42.4 Å². The topological polar surface area (TPSA) is 25.8 Å². The number of rotatable bonds is 6. The molecule has 3 heteroatoms. The molecule has 1 aromatic carbocycles. The van der Waals surface area contributed by atoms with Gasteiger partial charge in [-0.3, -0.25) is 0 Å². The SMILES string of the molecule is CCCc1ccc(-c2ccc(CCC3CCC(C)CC3)cc2F)nn1. The highest BCUT2D eigenvalue weighted by atomic mass is 19.1. The third-order valence-corrected chi connectivity index (χ3v) is 5.51. The van der Waals surface area contributed by atoms with E-state index in [4.69, 9.17) is 0 Å². The number of aryl methyl sites for hydroxylation is 2. The van der Waals surface area contributed by atoms with Crippen molar-refractivity contribution in [2.24, 2.45) is 11.8 Å². The summed E-state index contributed by atoms with van der Waals surface area (Å²) >= 11 is 0. The van der Waals surface area contributed by atoms with Crippen molar-refractivity contribution in [2.75, 3.05) is 0 Å². The minimum atomic E-state index is -0.188. The second kappa shape index (κ2) is 8.55. The maximum absolute atomic E-state index is 14.5. The van der Waals surface area contributed by atoms with Crippen LogP contribution in [0.3, 0.4) is 0 Å². The fourth-order valence-corrected chi connectivity index (χ4v) is 3.80. The molecule has 134 valence electrons. The Bertz CT molecular complexity index is 673. The number of hydrogen-bond acceptors (Lipinski definition) is 2. The highest BCUT2D eigenvalue weighted by molar-refractivity contribution is 5.59. The molecule has 1 fully saturated rings. The van der Waals surface area contributed by atoms with Gasteiger partial charge in [-0.2, -0.15) is 10.2 Å². The smallest absolute Gasteiger partial charge is 0.132 e. The molecule has 25 heavy (non-hydrogen) atoms. The zero-order valence-corrected chi connectivity index (χ0v) is 15.5. The number of aromatic nitrogens is 2. The van der Waals surface area contributed by atoms with Crippen molar-refractivity contribution in [3.63, 3.8) is 0 Å². The van der Waals surface area contributed by atoms with Gasteiger partial charge in [-0.15, -0.1) is 0 Å². The van der Waals surface area contributed by atoms with Gasteiger partial charge in [0.25, 0.3) is 0 Å². The first-order chi connectivity index (χ1) is 12.2. The highest BCUT2D eigenvalue weighted by Gasteiger charge is 2.18. The molecule has 3 rings (SSSR count). The summed E-state index contributed by atoms with van der Waals surface area (Å²) < 4.78 is 14.5. The van der Waals surface area contributed by atoms with Crippen LogP contribution in [0.15, 0.2) is 30.3 Å². The molecule has 1 aliphatic rings. The van der Waals surface area contributed by atoms with Crippen molar-refractivity contribution in [3.05, 3.63) is 47.4 Å². The molecule has 1 aromatic heterocycles. The van der Waals surface area contributed by atoms with Crippen LogP contribution in [0, 0.1) is 17.7 Å². The van der Waals surface area contributed by atoms with Crippen LogP contribution in [0.25, 0.3) is 11.3 Å². The third-order valence-electron chi connectivity index (χ3n) is 5.51. The molecule has 1 saturated carbocycles. The van der Waals surface area contributed by atoms with Gasteiger partial charge in [-0.05, 0) is 60.9 Å². The molecule has 0 bridgehead atoms. The molecular formula is C22H29FN2. The highest BCUT2D eigenvalue weighted by Crippen LogP contribution is 2.31. The van der Waals surface area contributed by atoms with E-state index in [1.807, 2.05) is 24.3 Å². The van der Waals surface area contributed by atoms with E-state index in [1.165, 1.54) is 32.1 Å². The predicted octanol–water partition coefficient (Wildman–Crippen LogP) is 5.99. The van der Waals surface area contributed by atoms with Crippen LogP contribution >= 0.6 is 0 Å². The molecule has 0 aliphatic heterocycles. The molecule has 0 atom stereocenters. The first-order valence-electron chi connectivity index (χ1n) is 9.77. The van der Waals surface area contributed by atoms with E-state index >= 15 is 0 Å². The zero-order valence-electron chi connectivity index (χ0n) is 15.5. The molecule has 0 radical (unpaired) electrons. The van der Waals surface area contributed by atoms with E-state index in [1.54, 1.807) is 6.07 Å². The summed E-state index contributed by atoms with van der Waals surface area (Å²) in [6, 6.07) is 9.41. The van der Waals surface area contributed by atoms with Gasteiger partial charge in [0.1, 0.15) is 5.82 Å². The van der Waals surface area contributed by atoms with Crippen LogP contribution in [0.5, 0.6) is 0 Å². The average Bonchev–Trinajstić information content (AvgIpc) is 2.62. The van der Waals surface area contributed by atoms with Crippen molar-refractivity contribution in [2.45, 2.75) is 65.2 Å². The van der Waals surface area contributed by atoms with Gasteiger partial charge in [0, 0.05) is 5.56 Å². The monoisotopic (exact) mass is 340 g/mol. The van der Waals surface area contributed by atoms with Crippen molar-refractivity contribution in [1.82, 2.24) is 10.2 Å². The lowest BCUT2D eigenvalue weighted by Crippen LogP contribution is -2.12. The Kier molecular flexibility index (Phi) is 6.17. The molecule has 0 amide bonds. The maximum atomic E-state index is 14.5. The Morgan fingerprint density at radius 1 is 1.00 bits per heavy atom. The Balaban J connectivity index is 1.62. The second-order valence-electron chi connectivity index (χ2n) is 7.64. The number of hydrogen-bond donors (Lipinski definition) is 0. The largest absolute Gasteiger partial charge is 0.206 e. The molecule has 0 spiro atoms. The van der Waals surface area contributed by atoms with Crippen LogP contribution < -0.4 is 0 Å². The summed E-state index contributed by atoms with van der Waals surface area (Å²) in [6.07, 6.45) is 9.47. The summed E-state index contributed by atoms with van der Waals surface area (Å²) in [5, 5.41) is 8.39. The van der Waals surface area contributed by atoms with E-state index in [0.29, 0.717) is 11.3 Å². The van der Waals surface area contributed by atoms with Gasteiger partial charge in [-0.1, -0.05) is 52.0 Å². The maximum Gasteiger partial charge on any atom is 0.132 e. The Hall–Kier alpha value is -1.77. The van der Waals surface area contributed by atoms with Gasteiger partial charge >= 0.3 is 0 Å². The van der Waals surface area contributed by atoms with Gasteiger partial charge in [-0.25, -0.2) is 4.39 Å². The van der Waals surface area contributed by atoms with E-state index in [9.17, 15) is 4.39 Å². The van der Waals surface area contributed by atoms with Crippen LogP contribution in [-0.4, -0.2) is 10.2 Å². The second-order valence-corrected chi connectivity index (χ2v) is 7.64. The molecule has 0 unspecified atom stereocenters. The quantitative estimate of drug-likeness (QED) is 0.645. The normalized spacial score (nSPS) is 20.6. The standard InChI is InChI=1S/C22H29FN2/c1-3-4-19-12-14-22(25-24-19)20-13-11-18(15-21(20)23)10-9-17-7-5-16(2)6-8-17/h11-17H,3-10H2,1-2H3. The molecular weight excluding hydrogens is 311 g/mol. The lowest BCUT2D eigenvalue weighted by molar-refractivity contribution is 0.277. The lowest BCUT2D eigenvalue weighted by Gasteiger charge is -2.26. The van der Waals surface area contributed by atoms with Crippen LogP contribution in [0.4, 0.5) is 4.39 Å². The molecule has 0 N–H and O–H groups in total. The summed E-state index contributed by atoms with van der Waals surface area (Å²) in [7, 11) is 0. The number of nitrogens with zero attached hydrogens (tertiary/aromatic N) is 2. The molecule has 2 aromatic rings. The first kappa shape index (κ1) is 18.0. The first-order valence-corrected chi connectivity index (χ1v) is 9.77. The molecule has 0 saturated heterocycles. The third kappa shape index (κ3) is 4.87. The Labute approximate surface area is 150 Å². The van der Waals surface area contributed by atoms with Gasteiger partial charge in [0.2, 0.25) is 0 Å². The van der Waals surface area contributed by atoms with Gasteiger partial charge in [0.05, 0.1) is 11.4 Å². The van der Waals surface area contributed by atoms with Crippen LogP contribution in [0.2, 0.25) is 0 Å². The molecule has 2 nitrogen and oxygen atoms in total. The van der Waals surface area contributed by atoms with Gasteiger partial charge in [0.15, 0.2) is 0 Å². The number of halogens is 1. The van der Waals surface area contributed by atoms with Crippen molar-refractivity contribution < 1.29 is 4.39 Å². The molecule has 1 aliphatic carbocycles. The summed E-state index contributed by atoms with van der Waals surface area (Å²) in [4.78, 5) is 0. The van der Waals surface area contributed by atoms with Crippen LogP contribution in [-0.2, 0) is 12.8 Å².